The van der Waals surface area contributed by atoms with E-state index in [1.165, 1.54) is 23.5 Å². The average Bonchev–Trinajstić information content (AvgIpc) is 2.50. The fourth-order valence-corrected chi connectivity index (χ4v) is 4.13. The molecule has 0 bridgehead atoms. The van der Waals surface area contributed by atoms with Crippen LogP contribution in [0.2, 0.25) is 0 Å². The molecular formula is C7H13O3PS2. The van der Waals surface area contributed by atoms with Crippen LogP contribution in [-0.2, 0) is 14.0 Å². The van der Waals surface area contributed by atoms with E-state index >= 15 is 0 Å². The highest BCUT2D eigenvalue weighted by Crippen LogP contribution is 2.50. The molecule has 0 amide bonds. The maximum Gasteiger partial charge on any atom is 0.204 e. The van der Waals surface area contributed by atoms with Crippen LogP contribution in [0.3, 0.4) is 0 Å². The highest BCUT2D eigenvalue weighted by Gasteiger charge is 2.27. The molecule has 0 saturated heterocycles. The Bertz CT molecular complexity index is 202. The number of rotatable bonds is 5. The van der Waals surface area contributed by atoms with Gasteiger partial charge >= 0.3 is 0 Å². The summed E-state index contributed by atoms with van der Waals surface area (Å²) in [5, 5.41) is 1.59. The molecule has 1 rings (SSSR count). The van der Waals surface area contributed by atoms with E-state index < -0.39 is 8.46 Å². The van der Waals surface area contributed by atoms with Crippen molar-refractivity contribution in [2.24, 2.45) is 0 Å². The first-order chi connectivity index (χ1) is 6.31. The van der Waals surface area contributed by atoms with Crippen molar-refractivity contribution in [1.29, 1.82) is 0 Å². The number of thioether (sulfide) groups is 2. The van der Waals surface area contributed by atoms with Gasteiger partial charge in [0.25, 0.3) is 0 Å². The third-order valence-electron chi connectivity index (χ3n) is 1.28. The standard InChI is InChI=1S/C7H13O3PS2/c1-3-9-5-6(10-4-2)13-7(11-8)12-5/h7H,3-4,11H2,1-2H3. The molecule has 0 aromatic rings. The Kier molecular flexibility index (Phi) is 5.14. The Hall–Kier alpha value is 0.270. The Morgan fingerprint density at radius 1 is 1.23 bits per heavy atom. The Morgan fingerprint density at radius 3 is 2.00 bits per heavy atom. The van der Waals surface area contributed by atoms with Crippen molar-refractivity contribution < 1.29 is 14.0 Å². The fraction of sp³-hybridized carbons (Fsp3) is 0.714. The molecule has 1 aliphatic rings. The van der Waals surface area contributed by atoms with Crippen molar-refractivity contribution in [3.8, 4) is 0 Å². The van der Waals surface area contributed by atoms with Crippen LogP contribution < -0.4 is 0 Å². The minimum atomic E-state index is -0.783. The van der Waals surface area contributed by atoms with Crippen molar-refractivity contribution in [1.82, 2.24) is 0 Å². The first-order valence-electron chi connectivity index (χ1n) is 4.10. The highest BCUT2D eigenvalue weighted by atomic mass is 32.2. The summed E-state index contributed by atoms with van der Waals surface area (Å²) in [6, 6.07) is 0. The Morgan fingerprint density at radius 2 is 1.69 bits per heavy atom. The van der Waals surface area contributed by atoms with Crippen molar-refractivity contribution in [3.05, 3.63) is 10.2 Å². The second-order valence-electron chi connectivity index (χ2n) is 2.18. The smallest absolute Gasteiger partial charge is 0.204 e. The molecule has 0 fully saturated rings. The lowest BCUT2D eigenvalue weighted by Crippen LogP contribution is -1.91. The summed E-state index contributed by atoms with van der Waals surface area (Å²) in [7, 11) is -0.783. The van der Waals surface area contributed by atoms with Crippen LogP contribution in [-0.4, -0.2) is 17.5 Å². The van der Waals surface area contributed by atoms with Gasteiger partial charge in [0, 0.05) is 0 Å². The maximum atomic E-state index is 10.7. The van der Waals surface area contributed by atoms with Gasteiger partial charge in [0.1, 0.15) is 4.32 Å². The minimum Gasteiger partial charge on any atom is -0.484 e. The molecule has 0 N–H and O–H groups in total. The maximum absolute atomic E-state index is 10.7. The van der Waals surface area contributed by atoms with Gasteiger partial charge in [0.2, 0.25) is 10.2 Å². The van der Waals surface area contributed by atoms with Crippen LogP contribution in [0.15, 0.2) is 10.2 Å². The predicted octanol–water partition coefficient (Wildman–Crippen LogP) is 2.71. The highest BCUT2D eigenvalue weighted by molar-refractivity contribution is 8.27. The summed E-state index contributed by atoms with van der Waals surface area (Å²) in [6.07, 6.45) is 0. The van der Waals surface area contributed by atoms with Gasteiger partial charge < -0.3 is 14.0 Å². The molecule has 0 aromatic heterocycles. The van der Waals surface area contributed by atoms with Crippen molar-refractivity contribution in [2.75, 3.05) is 13.2 Å². The summed E-state index contributed by atoms with van der Waals surface area (Å²) in [4.78, 5) is 0. The van der Waals surface area contributed by atoms with Gasteiger partial charge in [-0.1, -0.05) is 23.5 Å². The largest absolute Gasteiger partial charge is 0.484 e. The average molecular weight is 240 g/mol. The van der Waals surface area contributed by atoms with Crippen molar-refractivity contribution in [3.63, 3.8) is 0 Å². The molecule has 1 aliphatic heterocycles. The van der Waals surface area contributed by atoms with Crippen LogP contribution in [0.5, 0.6) is 0 Å². The zero-order chi connectivity index (χ0) is 9.68. The molecule has 1 heterocycles. The summed E-state index contributed by atoms with van der Waals surface area (Å²) >= 11 is 3.01. The molecule has 1 unspecified atom stereocenters. The van der Waals surface area contributed by atoms with E-state index in [1.807, 2.05) is 13.8 Å². The second-order valence-corrected chi connectivity index (χ2v) is 6.61. The lowest BCUT2D eigenvalue weighted by atomic mass is 10.8. The van der Waals surface area contributed by atoms with Crippen LogP contribution in [0, 0.1) is 0 Å². The quantitative estimate of drug-likeness (QED) is 0.690. The van der Waals surface area contributed by atoms with E-state index in [4.69, 9.17) is 9.47 Å². The first kappa shape index (κ1) is 11.3. The molecule has 0 saturated carbocycles. The van der Waals surface area contributed by atoms with E-state index in [0.29, 0.717) is 13.2 Å². The topological polar surface area (TPSA) is 35.5 Å². The number of ether oxygens (including phenoxy) is 2. The molecule has 0 aromatic carbocycles. The van der Waals surface area contributed by atoms with Crippen LogP contribution in [0.25, 0.3) is 0 Å². The molecule has 0 aliphatic carbocycles. The second kappa shape index (κ2) is 5.89. The van der Waals surface area contributed by atoms with E-state index in [2.05, 4.69) is 0 Å². The van der Waals surface area contributed by atoms with Crippen molar-refractivity contribution in [2.45, 2.75) is 18.2 Å². The number of hydrogen-bond acceptors (Lipinski definition) is 5. The first-order valence-corrected chi connectivity index (χ1v) is 7.00. The van der Waals surface area contributed by atoms with Crippen LogP contribution in [0.1, 0.15) is 13.8 Å². The van der Waals surface area contributed by atoms with E-state index in [9.17, 15) is 4.57 Å². The molecule has 76 valence electrons. The fourth-order valence-electron chi connectivity index (χ4n) is 0.835. The van der Waals surface area contributed by atoms with Gasteiger partial charge in [-0.25, -0.2) is 0 Å². The Balaban J connectivity index is 2.58. The van der Waals surface area contributed by atoms with Crippen molar-refractivity contribution >= 4 is 32.0 Å². The summed E-state index contributed by atoms with van der Waals surface area (Å²) in [5.41, 5.74) is 0. The lowest BCUT2D eigenvalue weighted by molar-refractivity contribution is 0.206. The molecule has 0 radical (unpaired) electrons. The zero-order valence-electron chi connectivity index (χ0n) is 7.61. The van der Waals surface area contributed by atoms with Gasteiger partial charge in [-0.3, -0.25) is 0 Å². The molecule has 3 nitrogen and oxygen atoms in total. The Labute approximate surface area is 87.8 Å². The third kappa shape index (κ3) is 3.15. The van der Waals surface area contributed by atoms with E-state index in [0.717, 1.165) is 10.2 Å². The van der Waals surface area contributed by atoms with Crippen LogP contribution >= 0.6 is 32.0 Å². The molecule has 6 heteroatoms. The molecule has 1 atom stereocenters. The van der Waals surface area contributed by atoms with Gasteiger partial charge in [0.05, 0.1) is 21.7 Å². The molecule has 0 spiro atoms. The summed E-state index contributed by atoms with van der Waals surface area (Å²) in [6.45, 7) is 5.11. The SMILES string of the molecule is CCOC1=C(OCC)SC([PH2]=O)S1. The summed E-state index contributed by atoms with van der Waals surface area (Å²) < 4.78 is 21.6. The van der Waals surface area contributed by atoms with Gasteiger partial charge in [-0.05, 0) is 13.8 Å². The third-order valence-corrected chi connectivity index (χ3v) is 5.19. The number of hydrogen-bond donors (Lipinski definition) is 0. The van der Waals surface area contributed by atoms with Crippen LogP contribution in [0.4, 0.5) is 0 Å². The van der Waals surface area contributed by atoms with E-state index in [1.54, 1.807) is 0 Å². The van der Waals surface area contributed by atoms with E-state index in [-0.39, 0.29) is 4.32 Å². The zero-order valence-corrected chi connectivity index (χ0v) is 10.4. The monoisotopic (exact) mass is 240 g/mol. The normalized spacial score (nSPS) is 18.9. The summed E-state index contributed by atoms with van der Waals surface area (Å²) in [5.74, 6) is 0. The van der Waals surface area contributed by atoms with Gasteiger partial charge in [0.15, 0.2) is 0 Å². The molecule has 13 heavy (non-hydrogen) atoms. The molecular weight excluding hydrogens is 227 g/mol. The lowest BCUT2D eigenvalue weighted by Gasteiger charge is -2.05. The minimum absolute atomic E-state index is 0.100. The van der Waals surface area contributed by atoms with Gasteiger partial charge in [-0.2, -0.15) is 0 Å². The predicted molar refractivity (Wildman–Crippen MR) is 59.6 cm³/mol. The van der Waals surface area contributed by atoms with Gasteiger partial charge in [-0.15, -0.1) is 0 Å².